The van der Waals surface area contributed by atoms with Crippen molar-refractivity contribution in [3.05, 3.63) is 29.6 Å². The van der Waals surface area contributed by atoms with Crippen molar-refractivity contribution in [3.8, 4) is 0 Å². The van der Waals surface area contributed by atoms with Crippen LogP contribution in [0.15, 0.2) is 18.2 Å². The molecule has 1 unspecified atom stereocenters. The first-order valence-corrected chi connectivity index (χ1v) is 7.36. The third kappa shape index (κ3) is 2.65. The van der Waals surface area contributed by atoms with Gasteiger partial charge in [0.1, 0.15) is 5.82 Å². The van der Waals surface area contributed by atoms with Crippen molar-refractivity contribution in [1.29, 1.82) is 0 Å². The number of hydrogen-bond acceptors (Lipinski definition) is 1. The van der Waals surface area contributed by atoms with Crippen molar-refractivity contribution in [2.75, 3.05) is 11.4 Å². The average molecular weight is 300 g/mol. The summed E-state index contributed by atoms with van der Waals surface area (Å²) in [6, 6.07) is 6.05. The van der Waals surface area contributed by atoms with E-state index in [0.29, 0.717) is 17.3 Å². The maximum Gasteiger partial charge on any atom is 0.146 e. The van der Waals surface area contributed by atoms with Crippen LogP contribution in [0.4, 0.5) is 10.1 Å². The van der Waals surface area contributed by atoms with E-state index in [1.807, 2.05) is 12.1 Å². The Labute approximate surface area is 111 Å². The molecule has 1 aliphatic rings. The molecule has 0 bridgehead atoms. The summed E-state index contributed by atoms with van der Waals surface area (Å²) in [5, 5.41) is 0.706. The average Bonchev–Trinajstić information content (AvgIpc) is 2.77. The number of nitrogens with zero attached hydrogens (tertiary/aromatic N) is 1. The molecule has 3 heteroatoms. The van der Waals surface area contributed by atoms with Crippen LogP contribution in [0.5, 0.6) is 0 Å². The molecular formula is C14H19BrFN. The second kappa shape index (κ2) is 5.38. The standard InChI is InChI=1S/C14H19BrFN/c1-10(2)13-4-3-7-17(13)14-6-5-11(9-15)8-12(14)16/h5-6,8,10,13H,3-4,7,9H2,1-2H3. The van der Waals surface area contributed by atoms with Crippen molar-refractivity contribution in [2.24, 2.45) is 5.92 Å². The maximum atomic E-state index is 14.1. The summed E-state index contributed by atoms with van der Waals surface area (Å²) < 4.78 is 14.1. The highest BCUT2D eigenvalue weighted by Gasteiger charge is 2.28. The van der Waals surface area contributed by atoms with Crippen LogP contribution in [-0.2, 0) is 5.33 Å². The van der Waals surface area contributed by atoms with Crippen LogP contribution in [-0.4, -0.2) is 12.6 Å². The Kier molecular flexibility index (Phi) is 4.08. The minimum absolute atomic E-state index is 0.0884. The van der Waals surface area contributed by atoms with Crippen LogP contribution in [0.3, 0.4) is 0 Å². The molecule has 0 amide bonds. The van der Waals surface area contributed by atoms with Crippen LogP contribution in [0.1, 0.15) is 32.3 Å². The van der Waals surface area contributed by atoms with E-state index in [2.05, 4.69) is 34.7 Å². The normalized spacial score (nSPS) is 20.3. The number of benzene rings is 1. The third-order valence-corrected chi connectivity index (χ3v) is 4.19. The molecule has 0 spiro atoms. The summed E-state index contributed by atoms with van der Waals surface area (Å²) >= 11 is 3.35. The zero-order valence-corrected chi connectivity index (χ0v) is 12.0. The van der Waals surface area contributed by atoms with Gasteiger partial charge in [0.2, 0.25) is 0 Å². The highest BCUT2D eigenvalue weighted by Crippen LogP contribution is 2.32. The van der Waals surface area contributed by atoms with E-state index in [9.17, 15) is 4.39 Å². The second-order valence-corrected chi connectivity index (χ2v) is 5.63. The fourth-order valence-electron chi connectivity index (χ4n) is 2.65. The summed E-state index contributed by atoms with van der Waals surface area (Å²) in [4.78, 5) is 2.23. The molecule has 0 saturated carbocycles. The highest BCUT2D eigenvalue weighted by molar-refractivity contribution is 9.08. The van der Waals surface area contributed by atoms with Crippen LogP contribution >= 0.6 is 15.9 Å². The van der Waals surface area contributed by atoms with Crippen molar-refractivity contribution in [1.82, 2.24) is 0 Å². The first-order chi connectivity index (χ1) is 8.13. The van der Waals surface area contributed by atoms with Crippen LogP contribution in [0, 0.1) is 11.7 Å². The molecule has 1 aromatic carbocycles. The highest BCUT2D eigenvalue weighted by atomic mass is 79.9. The lowest BCUT2D eigenvalue weighted by atomic mass is 10.0. The van der Waals surface area contributed by atoms with Gasteiger partial charge in [-0.25, -0.2) is 4.39 Å². The zero-order chi connectivity index (χ0) is 12.4. The van der Waals surface area contributed by atoms with Gasteiger partial charge in [-0.1, -0.05) is 35.8 Å². The summed E-state index contributed by atoms with van der Waals surface area (Å²) in [5.41, 5.74) is 1.76. The molecule has 94 valence electrons. The van der Waals surface area contributed by atoms with Gasteiger partial charge in [0.25, 0.3) is 0 Å². The predicted molar refractivity (Wildman–Crippen MR) is 74.2 cm³/mol. The molecule has 1 nitrogen and oxygen atoms in total. The van der Waals surface area contributed by atoms with Gasteiger partial charge in [0.15, 0.2) is 0 Å². The first kappa shape index (κ1) is 12.9. The second-order valence-electron chi connectivity index (χ2n) is 5.07. The van der Waals surface area contributed by atoms with Crippen molar-refractivity contribution < 1.29 is 4.39 Å². The molecule has 2 rings (SSSR count). The fraction of sp³-hybridized carbons (Fsp3) is 0.571. The van der Waals surface area contributed by atoms with Gasteiger partial charge in [-0.3, -0.25) is 0 Å². The van der Waals surface area contributed by atoms with Gasteiger partial charge >= 0.3 is 0 Å². The van der Waals surface area contributed by atoms with Crippen molar-refractivity contribution in [3.63, 3.8) is 0 Å². The molecule has 1 aliphatic heterocycles. The molecule has 0 N–H and O–H groups in total. The summed E-state index contributed by atoms with van der Waals surface area (Å²) in [6.07, 6.45) is 2.35. The van der Waals surface area contributed by atoms with Gasteiger partial charge in [-0.05, 0) is 36.5 Å². The van der Waals surface area contributed by atoms with Gasteiger partial charge in [0.05, 0.1) is 5.69 Å². The van der Waals surface area contributed by atoms with E-state index < -0.39 is 0 Å². The molecule has 1 fully saturated rings. The van der Waals surface area contributed by atoms with E-state index in [4.69, 9.17) is 0 Å². The van der Waals surface area contributed by atoms with Gasteiger partial charge in [-0.15, -0.1) is 0 Å². The lowest BCUT2D eigenvalue weighted by Gasteiger charge is -2.30. The van der Waals surface area contributed by atoms with Crippen molar-refractivity contribution in [2.45, 2.75) is 38.1 Å². The zero-order valence-electron chi connectivity index (χ0n) is 10.4. The van der Waals surface area contributed by atoms with E-state index >= 15 is 0 Å². The molecule has 0 aliphatic carbocycles. The fourth-order valence-corrected chi connectivity index (χ4v) is 3.00. The Morgan fingerprint density at radius 1 is 1.47 bits per heavy atom. The minimum atomic E-state index is -0.0884. The van der Waals surface area contributed by atoms with E-state index in [1.54, 1.807) is 6.07 Å². The number of hydrogen-bond donors (Lipinski definition) is 0. The Morgan fingerprint density at radius 3 is 2.82 bits per heavy atom. The van der Waals surface area contributed by atoms with Gasteiger partial charge in [0, 0.05) is 17.9 Å². The summed E-state index contributed by atoms with van der Waals surface area (Å²) in [6.45, 7) is 5.41. The van der Waals surface area contributed by atoms with Crippen LogP contribution < -0.4 is 4.90 Å². The third-order valence-electron chi connectivity index (χ3n) is 3.54. The molecule has 0 aromatic heterocycles. The topological polar surface area (TPSA) is 3.24 Å². The smallest absolute Gasteiger partial charge is 0.146 e. The lowest BCUT2D eigenvalue weighted by molar-refractivity contribution is 0.486. The summed E-state index contributed by atoms with van der Waals surface area (Å²) in [5.74, 6) is 0.488. The maximum absolute atomic E-state index is 14.1. The van der Waals surface area contributed by atoms with Crippen LogP contribution in [0.2, 0.25) is 0 Å². The monoisotopic (exact) mass is 299 g/mol. The molecule has 1 heterocycles. The summed E-state index contributed by atoms with van der Waals surface area (Å²) in [7, 11) is 0. The van der Waals surface area contributed by atoms with Gasteiger partial charge < -0.3 is 4.90 Å². The Morgan fingerprint density at radius 2 is 2.24 bits per heavy atom. The molecular weight excluding hydrogens is 281 g/mol. The Bertz CT molecular complexity index is 392. The van der Waals surface area contributed by atoms with Gasteiger partial charge in [-0.2, -0.15) is 0 Å². The number of rotatable bonds is 3. The van der Waals surface area contributed by atoms with E-state index in [-0.39, 0.29) is 5.82 Å². The molecule has 1 atom stereocenters. The molecule has 17 heavy (non-hydrogen) atoms. The van der Waals surface area contributed by atoms with Crippen LogP contribution in [0.25, 0.3) is 0 Å². The Hall–Kier alpha value is -0.570. The molecule has 1 aromatic rings. The minimum Gasteiger partial charge on any atom is -0.366 e. The molecule has 1 saturated heterocycles. The number of halogens is 2. The van der Waals surface area contributed by atoms with E-state index in [1.165, 1.54) is 12.8 Å². The first-order valence-electron chi connectivity index (χ1n) is 6.24. The number of anilines is 1. The van der Waals surface area contributed by atoms with Crippen molar-refractivity contribution >= 4 is 21.6 Å². The number of alkyl halides is 1. The Balaban J connectivity index is 2.27. The SMILES string of the molecule is CC(C)C1CCCN1c1ccc(CBr)cc1F. The lowest BCUT2D eigenvalue weighted by Crippen LogP contribution is -2.33. The predicted octanol–water partition coefficient (Wildman–Crippen LogP) is 4.35. The largest absolute Gasteiger partial charge is 0.366 e. The van der Waals surface area contributed by atoms with E-state index in [0.717, 1.165) is 17.8 Å². The molecule has 0 radical (unpaired) electrons. The quantitative estimate of drug-likeness (QED) is 0.750.